The number of carbonyl (C=O) groups is 2. The topological polar surface area (TPSA) is 93.1 Å². The van der Waals surface area contributed by atoms with Gasteiger partial charge in [0.1, 0.15) is 6.54 Å². The summed E-state index contributed by atoms with van der Waals surface area (Å²) >= 11 is 0. The minimum atomic E-state index is -0.540. The molecule has 2 N–H and O–H groups in total. The summed E-state index contributed by atoms with van der Waals surface area (Å²) in [5.74, 6) is -0.137. The summed E-state index contributed by atoms with van der Waals surface area (Å²) in [6, 6.07) is 4.98. The van der Waals surface area contributed by atoms with Crippen LogP contribution >= 0.6 is 0 Å². The summed E-state index contributed by atoms with van der Waals surface area (Å²) in [5.41, 5.74) is 1.23. The molecule has 0 radical (unpaired) electrons. The molecule has 1 aliphatic rings. The molecule has 1 heterocycles. The lowest BCUT2D eigenvalue weighted by molar-refractivity contribution is -0.120. The molecule has 26 heavy (non-hydrogen) atoms. The van der Waals surface area contributed by atoms with E-state index >= 15 is 0 Å². The maximum Gasteiger partial charge on any atom is 0.321 e. The summed E-state index contributed by atoms with van der Waals surface area (Å²) in [7, 11) is 0. The average Bonchev–Trinajstić information content (AvgIpc) is 2.60. The van der Waals surface area contributed by atoms with Crippen LogP contribution in [0.15, 0.2) is 29.3 Å². The summed E-state index contributed by atoms with van der Waals surface area (Å²) in [5, 5.41) is 5.63. The third-order valence-electron chi connectivity index (χ3n) is 4.97. The van der Waals surface area contributed by atoms with E-state index in [-0.39, 0.29) is 18.1 Å². The smallest absolute Gasteiger partial charge is 0.321 e. The minimum Gasteiger partial charge on any atom is -0.335 e. The third-order valence-corrected chi connectivity index (χ3v) is 4.97. The Labute approximate surface area is 151 Å². The van der Waals surface area contributed by atoms with Gasteiger partial charge in [0.05, 0.1) is 17.2 Å². The third kappa shape index (κ3) is 4.09. The summed E-state index contributed by atoms with van der Waals surface area (Å²) in [4.78, 5) is 40.9. The summed E-state index contributed by atoms with van der Waals surface area (Å²) in [6.45, 7) is 3.75. The molecule has 0 saturated heterocycles. The van der Waals surface area contributed by atoms with Crippen molar-refractivity contribution in [3.8, 4) is 0 Å². The van der Waals surface area contributed by atoms with Crippen LogP contribution < -0.4 is 16.2 Å². The largest absolute Gasteiger partial charge is 0.335 e. The number of nitrogens with one attached hydrogen (secondary N) is 2. The quantitative estimate of drug-likeness (QED) is 0.881. The lowest BCUT2D eigenvalue weighted by atomic mass is 9.86. The fourth-order valence-electron chi connectivity index (χ4n) is 3.44. The van der Waals surface area contributed by atoms with Gasteiger partial charge in [-0.2, -0.15) is 0 Å². The van der Waals surface area contributed by atoms with Crippen LogP contribution in [0.5, 0.6) is 0 Å². The van der Waals surface area contributed by atoms with E-state index in [9.17, 15) is 14.4 Å². The first-order valence-electron chi connectivity index (χ1n) is 9.00. The van der Waals surface area contributed by atoms with Gasteiger partial charge in [0.2, 0.25) is 5.91 Å². The molecular weight excluding hydrogens is 332 g/mol. The summed E-state index contributed by atoms with van der Waals surface area (Å²) in [6.07, 6.45) is 5.60. The number of urea groups is 1. The number of benzene rings is 1. The van der Waals surface area contributed by atoms with E-state index < -0.39 is 11.9 Å². The van der Waals surface area contributed by atoms with Gasteiger partial charge in [-0.15, -0.1) is 0 Å². The first-order chi connectivity index (χ1) is 12.4. The van der Waals surface area contributed by atoms with Gasteiger partial charge in [-0.25, -0.2) is 9.78 Å². The van der Waals surface area contributed by atoms with Crippen LogP contribution in [0.4, 0.5) is 4.79 Å². The first kappa shape index (κ1) is 18.1. The number of amides is 3. The number of hydrogen-bond donors (Lipinski definition) is 2. The summed E-state index contributed by atoms with van der Waals surface area (Å²) < 4.78 is 1.22. The van der Waals surface area contributed by atoms with Crippen molar-refractivity contribution in [2.75, 3.05) is 0 Å². The minimum absolute atomic E-state index is 0.0876. The number of carbonyl (C=O) groups excluding carboxylic acids is 2. The van der Waals surface area contributed by atoms with E-state index in [0.29, 0.717) is 16.8 Å². The maximum atomic E-state index is 12.5. The number of aromatic nitrogens is 2. The van der Waals surface area contributed by atoms with Crippen LogP contribution in [0.3, 0.4) is 0 Å². The molecule has 1 fully saturated rings. The van der Waals surface area contributed by atoms with E-state index in [0.717, 1.165) is 24.8 Å². The Morgan fingerprint density at radius 3 is 2.81 bits per heavy atom. The van der Waals surface area contributed by atoms with Crippen LogP contribution in [0.25, 0.3) is 10.9 Å². The number of fused-ring (bicyclic) bond motifs is 1. The van der Waals surface area contributed by atoms with E-state index in [2.05, 4.69) is 22.5 Å². The van der Waals surface area contributed by atoms with Gasteiger partial charge in [-0.05, 0) is 37.8 Å². The van der Waals surface area contributed by atoms with E-state index in [1.54, 1.807) is 12.1 Å². The Morgan fingerprint density at radius 1 is 1.27 bits per heavy atom. The molecule has 138 valence electrons. The van der Waals surface area contributed by atoms with Crippen molar-refractivity contribution in [2.45, 2.75) is 52.1 Å². The first-order valence-corrected chi connectivity index (χ1v) is 9.00. The van der Waals surface area contributed by atoms with Crippen molar-refractivity contribution in [1.82, 2.24) is 20.2 Å². The predicted octanol–water partition coefficient (Wildman–Crippen LogP) is 2.11. The lowest BCUT2D eigenvalue weighted by Gasteiger charge is -2.29. The highest BCUT2D eigenvalue weighted by Gasteiger charge is 2.23. The second kappa shape index (κ2) is 7.68. The van der Waals surface area contributed by atoms with Crippen molar-refractivity contribution in [3.63, 3.8) is 0 Å². The van der Waals surface area contributed by atoms with Crippen LogP contribution in [0.1, 0.15) is 38.2 Å². The van der Waals surface area contributed by atoms with Gasteiger partial charge >= 0.3 is 6.03 Å². The zero-order valence-electron chi connectivity index (χ0n) is 15.1. The molecule has 0 aliphatic heterocycles. The molecule has 0 spiro atoms. The zero-order chi connectivity index (χ0) is 18.7. The van der Waals surface area contributed by atoms with Gasteiger partial charge in [0.15, 0.2) is 0 Å². The van der Waals surface area contributed by atoms with Crippen molar-refractivity contribution >= 4 is 22.8 Å². The normalized spacial score (nSPS) is 19.9. The number of imide groups is 1. The van der Waals surface area contributed by atoms with Crippen molar-refractivity contribution in [2.24, 2.45) is 5.92 Å². The number of aryl methyl sites for hydroxylation is 1. The van der Waals surface area contributed by atoms with Gasteiger partial charge in [-0.1, -0.05) is 31.4 Å². The van der Waals surface area contributed by atoms with Gasteiger partial charge in [0, 0.05) is 6.04 Å². The fraction of sp³-hybridized carbons (Fsp3) is 0.474. The van der Waals surface area contributed by atoms with E-state index in [1.165, 1.54) is 17.3 Å². The molecule has 2 aromatic rings. The molecule has 7 nitrogen and oxygen atoms in total. The van der Waals surface area contributed by atoms with Crippen molar-refractivity contribution in [1.29, 1.82) is 0 Å². The van der Waals surface area contributed by atoms with Crippen LogP contribution in [0.2, 0.25) is 0 Å². The van der Waals surface area contributed by atoms with Gasteiger partial charge < -0.3 is 5.32 Å². The molecular formula is C19H24N4O3. The van der Waals surface area contributed by atoms with Crippen molar-refractivity contribution in [3.05, 3.63) is 40.4 Å². The predicted molar refractivity (Wildman–Crippen MR) is 98.8 cm³/mol. The number of rotatable bonds is 3. The average molecular weight is 356 g/mol. The van der Waals surface area contributed by atoms with Gasteiger partial charge in [0.25, 0.3) is 5.56 Å². The standard InChI is InChI=1S/C19H24N4O3/c1-12-7-8-16-14(9-12)18(25)23(11-20-16)10-17(24)22-19(26)21-15-6-4-3-5-13(15)2/h7-9,11,13,15H,3-6,10H2,1-2H3,(H2,21,22,24,26)/t13-,15+/m0/s1. The van der Waals surface area contributed by atoms with Crippen molar-refractivity contribution < 1.29 is 9.59 Å². The zero-order valence-corrected chi connectivity index (χ0v) is 15.1. The van der Waals surface area contributed by atoms with E-state index in [4.69, 9.17) is 0 Å². The Balaban J connectivity index is 1.64. The highest BCUT2D eigenvalue weighted by atomic mass is 16.2. The van der Waals surface area contributed by atoms with Crippen LogP contribution in [-0.4, -0.2) is 27.5 Å². The maximum absolute atomic E-state index is 12.5. The monoisotopic (exact) mass is 356 g/mol. The molecule has 1 aromatic carbocycles. The van der Waals surface area contributed by atoms with Crippen LogP contribution in [0, 0.1) is 12.8 Å². The molecule has 0 unspecified atom stereocenters. The Kier molecular flexibility index (Phi) is 5.35. The molecule has 3 amide bonds. The SMILES string of the molecule is Cc1ccc2ncn(CC(=O)NC(=O)N[C@@H]3CCCC[C@@H]3C)c(=O)c2c1. The molecule has 1 aromatic heterocycles. The lowest BCUT2D eigenvalue weighted by Crippen LogP contribution is -2.48. The molecule has 1 saturated carbocycles. The van der Waals surface area contributed by atoms with Crippen LogP contribution in [-0.2, 0) is 11.3 Å². The molecule has 1 aliphatic carbocycles. The fourth-order valence-corrected chi connectivity index (χ4v) is 3.44. The molecule has 2 atom stereocenters. The van der Waals surface area contributed by atoms with Gasteiger partial charge in [-0.3, -0.25) is 19.5 Å². The Morgan fingerprint density at radius 2 is 2.04 bits per heavy atom. The highest BCUT2D eigenvalue weighted by Crippen LogP contribution is 2.23. The number of hydrogen-bond acceptors (Lipinski definition) is 4. The number of nitrogens with zero attached hydrogens (tertiary/aromatic N) is 2. The second-order valence-electron chi connectivity index (χ2n) is 7.09. The Hall–Kier alpha value is -2.70. The highest BCUT2D eigenvalue weighted by molar-refractivity contribution is 5.94. The second-order valence-corrected chi connectivity index (χ2v) is 7.09. The molecule has 3 rings (SSSR count). The molecule has 7 heteroatoms. The van der Waals surface area contributed by atoms with E-state index in [1.807, 2.05) is 13.0 Å². The Bertz CT molecular complexity index is 890. The molecule has 0 bridgehead atoms.